The van der Waals surface area contributed by atoms with E-state index in [2.05, 4.69) is 5.32 Å². The van der Waals surface area contributed by atoms with Gasteiger partial charge in [-0.2, -0.15) is 0 Å². The lowest BCUT2D eigenvalue weighted by Crippen LogP contribution is -2.39. The van der Waals surface area contributed by atoms with Crippen LogP contribution in [0.4, 0.5) is 0 Å². The first-order valence-electron chi connectivity index (χ1n) is 8.78. The quantitative estimate of drug-likeness (QED) is 0.672. The summed E-state index contributed by atoms with van der Waals surface area (Å²) in [7, 11) is -1.78. The average molecular weight is 391 g/mol. The highest BCUT2D eigenvalue weighted by Crippen LogP contribution is 2.18. The minimum Gasteiger partial charge on any atom is -0.496 e. The lowest BCUT2D eigenvalue weighted by Gasteiger charge is -2.20. The number of benzene rings is 2. The fourth-order valence-corrected chi connectivity index (χ4v) is 3.61. The summed E-state index contributed by atoms with van der Waals surface area (Å²) < 4.78 is 30.8. The molecule has 27 heavy (non-hydrogen) atoms. The predicted octanol–water partition coefficient (Wildman–Crippen LogP) is 1.86. The van der Waals surface area contributed by atoms with Crippen molar-refractivity contribution in [2.75, 3.05) is 33.0 Å². The molecule has 0 aliphatic heterocycles. The molecule has 0 radical (unpaired) electrons. The van der Waals surface area contributed by atoms with E-state index in [1.165, 1.54) is 10.6 Å². The molecule has 7 heteroatoms. The Morgan fingerprint density at radius 1 is 1.04 bits per heavy atom. The van der Waals surface area contributed by atoms with E-state index in [9.17, 15) is 13.2 Å². The van der Waals surface area contributed by atoms with Gasteiger partial charge in [0.05, 0.1) is 19.8 Å². The standard InChI is InChI=1S/C20H26N2O4S/c1-26-19-11-7-6-10-18(19)12-14-22(27(2,24)25)15-13-21-20(23)16-17-8-4-3-5-9-17/h3-11H,12-16H2,1-2H3,(H,21,23). The Morgan fingerprint density at radius 3 is 2.37 bits per heavy atom. The molecule has 0 bridgehead atoms. The van der Waals surface area contributed by atoms with Gasteiger partial charge in [0.25, 0.3) is 0 Å². The predicted molar refractivity (Wildman–Crippen MR) is 106 cm³/mol. The zero-order chi connectivity index (χ0) is 19.7. The second kappa shape index (κ2) is 10.1. The number of ether oxygens (including phenoxy) is 1. The lowest BCUT2D eigenvalue weighted by atomic mass is 10.1. The molecule has 0 saturated carbocycles. The Bertz CT molecular complexity index is 838. The molecule has 0 aliphatic carbocycles. The highest BCUT2D eigenvalue weighted by molar-refractivity contribution is 7.88. The van der Waals surface area contributed by atoms with Gasteiger partial charge in [0, 0.05) is 19.6 Å². The van der Waals surface area contributed by atoms with E-state index in [4.69, 9.17) is 4.74 Å². The summed E-state index contributed by atoms with van der Waals surface area (Å²) in [6.45, 7) is 0.826. The van der Waals surface area contributed by atoms with Crippen LogP contribution in [0.2, 0.25) is 0 Å². The van der Waals surface area contributed by atoms with Gasteiger partial charge in [-0.15, -0.1) is 0 Å². The van der Waals surface area contributed by atoms with Crippen molar-refractivity contribution in [1.82, 2.24) is 9.62 Å². The van der Waals surface area contributed by atoms with Gasteiger partial charge in [0.1, 0.15) is 5.75 Å². The minimum atomic E-state index is -3.37. The van der Waals surface area contributed by atoms with Gasteiger partial charge in [-0.1, -0.05) is 48.5 Å². The van der Waals surface area contributed by atoms with Crippen molar-refractivity contribution in [3.05, 3.63) is 65.7 Å². The average Bonchev–Trinajstić information content (AvgIpc) is 2.64. The summed E-state index contributed by atoms with van der Waals surface area (Å²) in [6, 6.07) is 17.0. The molecular formula is C20H26N2O4S. The van der Waals surface area contributed by atoms with Crippen LogP contribution in [0.25, 0.3) is 0 Å². The van der Waals surface area contributed by atoms with Crippen molar-refractivity contribution < 1.29 is 17.9 Å². The van der Waals surface area contributed by atoms with Crippen LogP contribution in [-0.2, 0) is 27.7 Å². The molecule has 0 fully saturated rings. The fourth-order valence-electron chi connectivity index (χ4n) is 2.76. The number of methoxy groups -OCH3 is 1. The second-order valence-electron chi connectivity index (χ2n) is 6.24. The molecule has 0 atom stereocenters. The van der Waals surface area contributed by atoms with Crippen LogP contribution in [0, 0.1) is 0 Å². The van der Waals surface area contributed by atoms with Crippen LogP contribution in [0.15, 0.2) is 54.6 Å². The van der Waals surface area contributed by atoms with Crippen molar-refractivity contribution in [2.45, 2.75) is 12.8 Å². The third kappa shape index (κ3) is 7.03. The summed E-state index contributed by atoms with van der Waals surface area (Å²) in [5.41, 5.74) is 1.87. The van der Waals surface area contributed by atoms with Gasteiger partial charge >= 0.3 is 0 Å². The molecule has 146 valence electrons. The lowest BCUT2D eigenvalue weighted by molar-refractivity contribution is -0.120. The molecule has 0 unspecified atom stereocenters. The van der Waals surface area contributed by atoms with Crippen molar-refractivity contribution >= 4 is 15.9 Å². The molecule has 2 aromatic rings. The van der Waals surface area contributed by atoms with E-state index in [0.29, 0.717) is 13.0 Å². The number of nitrogens with zero attached hydrogens (tertiary/aromatic N) is 1. The number of hydrogen-bond donors (Lipinski definition) is 1. The number of sulfonamides is 1. The summed E-state index contributed by atoms with van der Waals surface area (Å²) in [5, 5.41) is 2.78. The Kier molecular flexibility index (Phi) is 7.82. The van der Waals surface area contributed by atoms with Crippen molar-refractivity contribution in [1.29, 1.82) is 0 Å². The third-order valence-corrected chi connectivity index (χ3v) is 5.49. The van der Waals surface area contributed by atoms with Crippen molar-refractivity contribution in [2.24, 2.45) is 0 Å². The van der Waals surface area contributed by atoms with Crippen molar-refractivity contribution in [3.8, 4) is 5.75 Å². The molecule has 2 rings (SSSR count). The second-order valence-corrected chi connectivity index (χ2v) is 8.22. The zero-order valence-electron chi connectivity index (χ0n) is 15.7. The number of hydrogen-bond acceptors (Lipinski definition) is 4. The van der Waals surface area contributed by atoms with E-state index in [1.807, 2.05) is 54.6 Å². The molecule has 6 nitrogen and oxygen atoms in total. The number of rotatable bonds is 10. The number of carbonyl (C=O) groups is 1. The third-order valence-electron chi connectivity index (χ3n) is 4.18. The Morgan fingerprint density at radius 2 is 1.70 bits per heavy atom. The first-order chi connectivity index (χ1) is 12.9. The number of carbonyl (C=O) groups excluding carboxylic acids is 1. The van der Waals surface area contributed by atoms with E-state index >= 15 is 0 Å². The summed E-state index contributed by atoms with van der Waals surface area (Å²) in [4.78, 5) is 12.0. The highest BCUT2D eigenvalue weighted by Gasteiger charge is 2.17. The smallest absolute Gasteiger partial charge is 0.224 e. The molecule has 0 aromatic heterocycles. The molecule has 0 saturated heterocycles. The summed E-state index contributed by atoms with van der Waals surface area (Å²) >= 11 is 0. The SMILES string of the molecule is COc1ccccc1CCN(CCNC(=O)Cc1ccccc1)S(C)(=O)=O. The van der Waals surface area contributed by atoms with Crippen LogP contribution in [-0.4, -0.2) is 51.6 Å². The van der Waals surface area contributed by atoms with Gasteiger partial charge in [-0.25, -0.2) is 12.7 Å². The maximum absolute atomic E-state index is 12.1. The maximum atomic E-state index is 12.1. The fraction of sp³-hybridized carbons (Fsp3) is 0.350. The molecule has 0 aliphatic rings. The monoisotopic (exact) mass is 390 g/mol. The van der Waals surface area contributed by atoms with Crippen LogP contribution in [0.5, 0.6) is 5.75 Å². The molecule has 2 aromatic carbocycles. The maximum Gasteiger partial charge on any atom is 0.224 e. The molecular weight excluding hydrogens is 364 g/mol. The highest BCUT2D eigenvalue weighted by atomic mass is 32.2. The van der Waals surface area contributed by atoms with Crippen LogP contribution in [0.3, 0.4) is 0 Å². The Balaban J connectivity index is 1.86. The number of nitrogens with one attached hydrogen (secondary N) is 1. The topological polar surface area (TPSA) is 75.7 Å². The van der Waals surface area contributed by atoms with E-state index in [-0.39, 0.29) is 25.4 Å². The molecule has 1 amide bonds. The molecule has 0 heterocycles. The number of amides is 1. The van der Waals surface area contributed by atoms with E-state index in [0.717, 1.165) is 16.9 Å². The first kappa shape index (κ1) is 20.9. The van der Waals surface area contributed by atoms with Crippen LogP contribution >= 0.6 is 0 Å². The Labute approximate surface area is 161 Å². The van der Waals surface area contributed by atoms with Gasteiger partial charge in [0.15, 0.2) is 0 Å². The van der Waals surface area contributed by atoms with Crippen LogP contribution < -0.4 is 10.1 Å². The van der Waals surface area contributed by atoms with Crippen LogP contribution in [0.1, 0.15) is 11.1 Å². The van der Waals surface area contributed by atoms with Gasteiger partial charge in [0.2, 0.25) is 15.9 Å². The minimum absolute atomic E-state index is 0.126. The van der Waals surface area contributed by atoms with Gasteiger partial charge in [-0.3, -0.25) is 4.79 Å². The van der Waals surface area contributed by atoms with Gasteiger partial charge in [-0.05, 0) is 23.6 Å². The Hall–Kier alpha value is -2.38. The zero-order valence-corrected chi connectivity index (χ0v) is 16.5. The largest absolute Gasteiger partial charge is 0.496 e. The van der Waals surface area contributed by atoms with Crippen molar-refractivity contribution in [3.63, 3.8) is 0 Å². The number of para-hydroxylation sites is 1. The first-order valence-corrected chi connectivity index (χ1v) is 10.6. The summed E-state index contributed by atoms with van der Waals surface area (Å²) in [6.07, 6.45) is 2.00. The molecule has 1 N–H and O–H groups in total. The van der Waals surface area contributed by atoms with E-state index < -0.39 is 10.0 Å². The summed E-state index contributed by atoms with van der Waals surface area (Å²) in [5.74, 6) is 0.612. The normalized spacial score (nSPS) is 11.4. The van der Waals surface area contributed by atoms with Gasteiger partial charge < -0.3 is 10.1 Å². The van der Waals surface area contributed by atoms with E-state index in [1.54, 1.807) is 7.11 Å². The molecule has 0 spiro atoms.